The lowest BCUT2D eigenvalue weighted by Gasteiger charge is -2.18. The quantitative estimate of drug-likeness (QED) is 0.188. The molecule has 0 aromatic carbocycles. The Kier molecular flexibility index (Phi) is 6.44. The monoisotopic (exact) mass is 217 g/mol. The summed E-state index contributed by atoms with van der Waals surface area (Å²) < 4.78 is 4.79. The molecule has 0 aliphatic carbocycles. The molecule has 0 spiro atoms. The summed E-state index contributed by atoms with van der Waals surface area (Å²) in [6, 6.07) is 0. The second-order valence-electron chi connectivity index (χ2n) is 3.53. The molecule has 0 bridgehead atoms. The second-order valence-corrected chi connectivity index (χ2v) is 3.53. The van der Waals surface area contributed by atoms with Gasteiger partial charge in [0.1, 0.15) is 5.92 Å². The summed E-state index contributed by atoms with van der Waals surface area (Å²) in [5.41, 5.74) is 5.43. The Morgan fingerprint density at radius 3 is 2.60 bits per heavy atom. The summed E-state index contributed by atoms with van der Waals surface area (Å²) >= 11 is 0. The van der Waals surface area contributed by atoms with Crippen molar-refractivity contribution in [2.45, 2.75) is 13.8 Å². The van der Waals surface area contributed by atoms with E-state index in [0.29, 0.717) is 13.2 Å². The summed E-state index contributed by atoms with van der Waals surface area (Å²) in [5.74, 6) is -0.951. The van der Waals surface area contributed by atoms with E-state index < -0.39 is 5.92 Å². The van der Waals surface area contributed by atoms with E-state index >= 15 is 0 Å². The van der Waals surface area contributed by atoms with Crippen molar-refractivity contribution < 1.29 is 14.7 Å². The normalized spacial score (nSPS) is 14.0. The van der Waals surface area contributed by atoms with Crippen LogP contribution in [0.15, 0.2) is 5.16 Å². The average molecular weight is 217 g/mol. The summed E-state index contributed by atoms with van der Waals surface area (Å²) in [7, 11) is 1.55. The molecule has 15 heavy (non-hydrogen) atoms. The zero-order valence-electron chi connectivity index (χ0n) is 9.36. The summed E-state index contributed by atoms with van der Waals surface area (Å²) in [4.78, 5) is 11.6. The topological polar surface area (TPSA) is 96.9 Å². The molecule has 0 aromatic rings. The minimum atomic E-state index is -0.605. The molecule has 0 saturated heterocycles. The molecule has 0 aliphatic heterocycles. The van der Waals surface area contributed by atoms with Crippen LogP contribution in [0.3, 0.4) is 0 Å². The molecule has 0 heterocycles. The minimum Gasteiger partial charge on any atom is -0.409 e. The number of methoxy groups -OCH3 is 1. The van der Waals surface area contributed by atoms with Crippen molar-refractivity contribution in [3.05, 3.63) is 0 Å². The second kappa shape index (κ2) is 7.05. The van der Waals surface area contributed by atoms with Gasteiger partial charge in [-0.3, -0.25) is 4.79 Å². The number of nitrogens with one attached hydrogen (secondary N) is 1. The summed E-state index contributed by atoms with van der Waals surface area (Å²) in [6.07, 6.45) is 0. The fourth-order valence-corrected chi connectivity index (χ4v) is 1.23. The highest BCUT2D eigenvalue weighted by atomic mass is 16.5. The standard InChI is InChI=1S/C9H19N3O3/c1-6(2)7(8(10)12-14)9(13)11-4-5-15-3/h6-7,14H,4-5H2,1-3H3,(H2,10,12)(H,11,13). The third-order valence-corrected chi connectivity index (χ3v) is 1.99. The van der Waals surface area contributed by atoms with Crippen molar-refractivity contribution in [2.24, 2.45) is 22.7 Å². The van der Waals surface area contributed by atoms with Gasteiger partial charge in [0, 0.05) is 13.7 Å². The van der Waals surface area contributed by atoms with Gasteiger partial charge in [0.05, 0.1) is 6.61 Å². The van der Waals surface area contributed by atoms with E-state index in [4.69, 9.17) is 15.7 Å². The van der Waals surface area contributed by atoms with Crippen LogP contribution in [-0.2, 0) is 9.53 Å². The number of nitrogens with two attached hydrogens (primary N) is 1. The highest BCUT2D eigenvalue weighted by Crippen LogP contribution is 2.10. The van der Waals surface area contributed by atoms with Crippen LogP contribution in [0.5, 0.6) is 0 Å². The molecule has 0 aromatic heterocycles. The first kappa shape index (κ1) is 13.7. The summed E-state index contributed by atoms with van der Waals surface area (Å²) in [6.45, 7) is 4.52. The van der Waals surface area contributed by atoms with Crippen molar-refractivity contribution >= 4 is 11.7 Å². The average Bonchev–Trinajstić information content (AvgIpc) is 2.17. The molecule has 0 aliphatic rings. The van der Waals surface area contributed by atoms with E-state index in [2.05, 4.69) is 10.5 Å². The van der Waals surface area contributed by atoms with E-state index in [1.165, 1.54) is 0 Å². The third kappa shape index (κ3) is 4.64. The van der Waals surface area contributed by atoms with Gasteiger partial charge in [-0.05, 0) is 5.92 Å². The molecule has 6 heteroatoms. The van der Waals surface area contributed by atoms with Crippen molar-refractivity contribution in [3.8, 4) is 0 Å². The number of amidine groups is 1. The molecule has 88 valence electrons. The Morgan fingerprint density at radius 2 is 2.20 bits per heavy atom. The van der Waals surface area contributed by atoms with Gasteiger partial charge in [0.25, 0.3) is 0 Å². The number of hydrogen-bond acceptors (Lipinski definition) is 4. The third-order valence-electron chi connectivity index (χ3n) is 1.99. The van der Waals surface area contributed by atoms with E-state index in [0.717, 1.165) is 0 Å². The fraction of sp³-hybridized carbons (Fsp3) is 0.778. The highest BCUT2D eigenvalue weighted by Gasteiger charge is 2.26. The molecule has 1 atom stereocenters. The van der Waals surface area contributed by atoms with Gasteiger partial charge in [-0.15, -0.1) is 0 Å². The molecule has 1 unspecified atom stereocenters. The largest absolute Gasteiger partial charge is 0.409 e. The number of nitrogens with zero attached hydrogens (tertiary/aromatic N) is 1. The number of oxime groups is 1. The van der Waals surface area contributed by atoms with Crippen LogP contribution in [-0.4, -0.2) is 37.2 Å². The van der Waals surface area contributed by atoms with E-state index in [1.807, 2.05) is 13.8 Å². The maximum absolute atomic E-state index is 11.6. The zero-order valence-corrected chi connectivity index (χ0v) is 9.36. The zero-order chi connectivity index (χ0) is 11.8. The molecule has 6 nitrogen and oxygen atoms in total. The lowest BCUT2D eigenvalue weighted by molar-refractivity contribution is -0.124. The molecule has 4 N–H and O–H groups in total. The van der Waals surface area contributed by atoms with Crippen molar-refractivity contribution in [1.82, 2.24) is 5.32 Å². The molecule has 0 rings (SSSR count). The molecular formula is C9H19N3O3. The summed E-state index contributed by atoms with van der Waals surface area (Å²) in [5, 5.41) is 14.0. The van der Waals surface area contributed by atoms with Crippen LogP contribution in [0.2, 0.25) is 0 Å². The number of ether oxygens (including phenoxy) is 1. The van der Waals surface area contributed by atoms with Crippen LogP contribution in [0.25, 0.3) is 0 Å². The van der Waals surface area contributed by atoms with Crippen molar-refractivity contribution in [2.75, 3.05) is 20.3 Å². The number of carbonyl (C=O) groups excluding carboxylic acids is 1. The Bertz CT molecular complexity index is 229. The lowest BCUT2D eigenvalue weighted by atomic mass is 9.94. The van der Waals surface area contributed by atoms with Crippen LogP contribution in [0.1, 0.15) is 13.8 Å². The SMILES string of the molecule is COCCNC(=O)C(C(N)=NO)C(C)C. The number of carbonyl (C=O) groups is 1. The van der Waals surface area contributed by atoms with Gasteiger partial charge in [0.15, 0.2) is 5.84 Å². The fourth-order valence-electron chi connectivity index (χ4n) is 1.23. The predicted molar refractivity (Wildman–Crippen MR) is 56.6 cm³/mol. The number of hydrogen-bond donors (Lipinski definition) is 3. The Hall–Kier alpha value is -1.30. The number of amides is 1. The van der Waals surface area contributed by atoms with Crippen molar-refractivity contribution in [1.29, 1.82) is 0 Å². The molecule has 0 radical (unpaired) electrons. The van der Waals surface area contributed by atoms with Gasteiger partial charge < -0.3 is 21.0 Å². The van der Waals surface area contributed by atoms with E-state index in [9.17, 15) is 4.79 Å². The molecule has 0 fully saturated rings. The first-order valence-electron chi connectivity index (χ1n) is 4.78. The van der Waals surface area contributed by atoms with E-state index in [-0.39, 0.29) is 17.7 Å². The van der Waals surface area contributed by atoms with Crippen molar-refractivity contribution in [3.63, 3.8) is 0 Å². The Balaban J connectivity index is 4.31. The molecule has 0 saturated carbocycles. The Labute approximate surface area is 89.5 Å². The molecular weight excluding hydrogens is 198 g/mol. The van der Waals surface area contributed by atoms with Gasteiger partial charge in [-0.1, -0.05) is 19.0 Å². The van der Waals surface area contributed by atoms with Gasteiger partial charge in [-0.2, -0.15) is 0 Å². The van der Waals surface area contributed by atoms with Gasteiger partial charge in [0.2, 0.25) is 5.91 Å². The first-order chi connectivity index (χ1) is 7.04. The lowest BCUT2D eigenvalue weighted by Crippen LogP contribution is -2.42. The van der Waals surface area contributed by atoms with Crippen LogP contribution >= 0.6 is 0 Å². The first-order valence-corrected chi connectivity index (χ1v) is 4.78. The highest BCUT2D eigenvalue weighted by molar-refractivity contribution is 6.02. The van der Waals surface area contributed by atoms with Gasteiger partial charge >= 0.3 is 0 Å². The van der Waals surface area contributed by atoms with Crippen LogP contribution in [0.4, 0.5) is 0 Å². The minimum absolute atomic E-state index is 0.0246. The smallest absolute Gasteiger partial charge is 0.231 e. The van der Waals surface area contributed by atoms with Gasteiger partial charge in [-0.25, -0.2) is 0 Å². The Morgan fingerprint density at radius 1 is 1.60 bits per heavy atom. The predicted octanol–water partition coefficient (Wildman–Crippen LogP) is -0.232. The maximum Gasteiger partial charge on any atom is 0.231 e. The molecule has 1 amide bonds. The van der Waals surface area contributed by atoms with Crippen LogP contribution < -0.4 is 11.1 Å². The van der Waals surface area contributed by atoms with Crippen LogP contribution in [0, 0.1) is 11.8 Å². The maximum atomic E-state index is 11.6. The van der Waals surface area contributed by atoms with E-state index in [1.54, 1.807) is 7.11 Å². The number of rotatable bonds is 6.